The fourth-order valence-electron chi connectivity index (χ4n) is 1.93. The Morgan fingerprint density at radius 1 is 1.09 bits per heavy atom. The first kappa shape index (κ1) is 15.6. The van der Waals surface area contributed by atoms with Gasteiger partial charge in [-0.1, -0.05) is 18.7 Å². The number of carbonyl (C=O) groups is 2. The first-order valence-electron chi connectivity index (χ1n) is 6.79. The molecule has 0 aliphatic heterocycles. The van der Waals surface area contributed by atoms with E-state index < -0.39 is 11.9 Å². The minimum atomic E-state index is -0.948. The second-order valence-corrected chi connectivity index (χ2v) is 4.60. The summed E-state index contributed by atoms with van der Waals surface area (Å²) in [4.78, 5) is 21.8. The Labute approximate surface area is 127 Å². The lowest BCUT2D eigenvalue weighted by Crippen LogP contribution is -2.06. The monoisotopic (exact) mass is 300 g/mol. The van der Waals surface area contributed by atoms with Crippen molar-refractivity contribution in [3.8, 4) is 5.75 Å². The van der Waals surface area contributed by atoms with Gasteiger partial charge in [0.15, 0.2) is 0 Å². The lowest BCUT2D eigenvalue weighted by Gasteiger charge is -2.08. The first-order chi connectivity index (χ1) is 10.6. The molecule has 0 fully saturated rings. The van der Waals surface area contributed by atoms with E-state index in [9.17, 15) is 9.59 Å². The van der Waals surface area contributed by atoms with Crippen molar-refractivity contribution in [2.45, 2.75) is 6.42 Å². The number of hydrogen-bond acceptors (Lipinski definition) is 4. The van der Waals surface area contributed by atoms with Crippen molar-refractivity contribution < 1.29 is 24.2 Å². The van der Waals surface area contributed by atoms with Crippen LogP contribution in [0.1, 0.15) is 16.8 Å². The van der Waals surface area contributed by atoms with Crippen LogP contribution < -0.4 is 4.74 Å². The standard InChI is InChI=1S/C17H16O5/c1-2-16(18)22-9-3-8-21-15-7-6-12-10-14(17(19)20)5-4-13(12)11-15/h2,4-7,10-11H,1,3,8-9H2,(H,19,20). The maximum Gasteiger partial charge on any atom is 0.335 e. The summed E-state index contributed by atoms with van der Waals surface area (Å²) in [5.74, 6) is -0.707. The van der Waals surface area contributed by atoms with Gasteiger partial charge in [-0.05, 0) is 35.0 Å². The number of carboxylic acids is 1. The molecule has 5 heteroatoms. The molecule has 0 aliphatic carbocycles. The lowest BCUT2D eigenvalue weighted by molar-refractivity contribution is -0.137. The fourth-order valence-corrected chi connectivity index (χ4v) is 1.93. The Morgan fingerprint density at radius 3 is 2.55 bits per heavy atom. The van der Waals surface area contributed by atoms with Gasteiger partial charge in [0.05, 0.1) is 18.8 Å². The summed E-state index contributed by atoms with van der Waals surface area (Å²) in [5.41, 5.74) is 0.255. The SMILES string of the molecule is C=CC(=O)OCCCOc1ccc2cc(C(=O)O)ccc2c1. The summed E-state index contributed by atoms with van der Waals surface area (Å²) >= 11 is 0. The van der Waals surface area contributed by atoms with Gasteiger partial charge in [0.1, 0.15) is 5.75 Å². The molecule has 0 radical (unpaired) electrons. The van der Waals surface area contributed by atoms with E-state index in [-0.39, 0.29) is 12.2 Å². The van der Waals surface area contributed by atoms with Gasteiger partial charge in [0.2, 0.25) is 0 Å². The maximum absolute atomic E-state index is 10.9. The van der Waals surface area contributed by atoms with Gasteiger partial charge in [-0.3, -0.25) is 0 Å². The zero-order chi connectivity index (χ0) is 15.9. The molecule has 2 aromatic carbocycles. The number of carbonyl (C=O) groups excluding carboxylic acids is 1. The van der Waals surface area contributed by atoms with Crippen LogP contribution in [0.2, 0.25) is 0 Å². The van der Waals surface area contributed by atoms with Gasteiger partial charge >= 0.3 is 11.9 Å². The average Bonchev–Trinajstić information content (AvgIpc) is 2.53. The van der Waals surface area contributed by atoms with Crippen LogP contribution in [-0.2, 0) is 9.53 Å². The largest absolute Gasteiger partial charge is 0.493 e. The molecule has 0 aliphatic rings. The Hall–Kier alpha value is -2.82. The van der Waals surface area contributed by atoms with Gasteiger partial charge in [-0.15, -0.1) is 0 Å². The van der Waals surface area contributed by atoms with Crippen molar-refractivity contribution >= 4 is 22.7 Å². The van der Waals surface area contributed by atoms with Crippen LogP contribution >= 0.6 is 0 Å². The molecule has 0 atom stereocenters. The highest BCUT2D eigenvalue weighted by Crippen LogP contribution is 2.22. The van der Waals surface area contributed by atoms with E-state index >= 15 is 0 Å². The Kier molecular flexibility index (Phi) is 5.14. The van der Waals surface area contributed by atoms with Crippen molar-refractivity contribution in [2.24, 2.45) is 0 Å². The molecule has 114 valence electrons. The molecule has 0 bridgehead atoms. The molecule has 5 nitrogen and oxygen atoms in total. The minimum absolute atomic E-state index is 0.255. The number of fused-ring (bicyclic) bond motifs is 1. The molecule has 0 saturated heterocycles. The zero-order valence-electron chi connectivity index (χ0n) is 12.0. The summed E-state index contributed by atoms with van der Waals surface area (Å²) in [7, 11) is 0. The average molecular weight is 300 g/mol. The third kappa shape index (κ3) is 4.09. The summed E-state index contributed by atoms with van der Waals surface area (Å²) < 4.78 is 10.4. The van der Waals surface area contributed by atoms with E-state index in [4.69, 9.17) is 14.6 Å². The van der Waals surface area contributed by atoms with Gasteiger partial charge < -0.3 is 14.6 Å². The highest BCUT2D eigenvalue weighted by Gasteiger charge is 2.04. The topological polar surface area (TPSA) is 72.8 Å². The molecular formula is C17H16O5. The lowest BCUT2D eigenvalue weighted by atomic mass is 10.1. The number of rotatable bonds is 7. The molecule has 22 heavy (non-hydrogen) atoms. The number of ether oxygens (including phenoxy) is 2. The zero-order valence-corrected chi connectivity index (χ0v) is 12.0. The molecular weight excluding hydrogens is 284 g/mol. The molecule has 0 aromatic heterocycles. The summed E-state index contributed by atoms with van der Waals surface area (Å²) in [6.07, 6.45) is 1.70. The van der Waals surface area contributed by atoms with E-state index in [1.54, 1.807) is 24.3 Å². The Balaban J connectivity index is 1.92. The van der Waals surface area contributed by atoms with Crippen LogP contribution in [0, 0.1) is 0 Å². The van der Waals surface area contributed by atoms with E-state index in [0.29, 0.717) is 18.8 Å². The third-order valence-corrected chi connectivity index (χ3v) is 3.03. The second-order valence-electron chi connectivity index (χ2n) is 4.60. The number of hydrogen-bond donors (Lipinski definition) is 1. The quantitative estimate of drug-likeness (QED) is 0.483. The minimum Gasteiger partial charge on any atom is -0.493 e. The maximum atomic E-state index is 10.9. The number of aromatic carboxylic acids is 1. The molecule has 0 amide bonds. The smallest absolute Gasteiger partial charge is 0.335 e. The van der Waals surface area contributed by atoms with Gasteiger partial charge in [-0.25, -0.2) is 9.59 Å². The van der Waals surface area contributed by atoms with Crippen LogP contribution in [0.3, 0.4) is 0 Å². The number of esters is 1. The first-order valence-corrected chi connectivity index (χ1v) is 6.79. The molecule has 0 unspecified atom stereocenters. The Bertz CT molecular complexity index is 705. The van der Waals surface area contributed by atoms with E-state index in [2.05, 4.69) is 6.58 Å². The second kappa shape index (κ2) is 7.26. The number of carboxylic acid groups (broad SMARTS) is 1. The van der Waals surface area contributed by atoms with E-state index in [1.807, 2.05) is 12.1 Å². The third-order valence-electron chi connectivity index (χ3n) is 3.03. The molecule has 2 rings (SSSR count). The summed E-state index contributed by atoms with van der Waals surface area (Å²) in [5, 5.41) is 10.7. The fraction of sp³-hybridized carbons (Fsp3) is 0.176. The van der Waals surface area contributed by atoms with Crippen LogP contribution in [-0.4, -0.2) is 30.3 Å². The van der Waals surface area contributed by atoms with E-state index in [1.165, 1.54) is 0 Å². The predicted octanol–water partition coefficient (Wildman–Crippen LogP) is 3.04. The van der Waals surface area contributed by atoms with Crippen molar-refractivity contribution in [1.82, 2.24) is 0 Å². The normalized spacial score (nSPS) is 10.2. The Morgan fingerprint density at radius 2 is 1.82 bits per heavy atom. The summed E-state index contributed by atoms with van der Waals surface area (Å²) in [6.45, 7) is 4.01. The molecule has 0 saturated carbocycles. The van der Waals surface area contributed by atoms with E-state index in [0.717, 1.165) is 16.8 Å². The van der Waals surface area contributed by atoms with Crippen molar-refractivity contribution in [1.29, 1.82) is 0 Å². The van der Waals surface area contributed by atoms with Gasteiger partial charge in [0.25, 0.3) is 0 Å². The van der Waals surface area contributed by atoms with Crippen LogP contribution in [0.5, 0.6) is 5.75 Å². The van der Waals surface area contributed by atoms with Crippen LogP contribution in [0.15, 0.2) is 49.1 Å². The summed E-state index contributed by atoms with van der Waals surface area (Å²) in [6, 6.07) is 10.4. The molecule has 1 N–H and O–H groups in total. The van der Waals surface area contributed by atoms with Gasteiger partial charge in [0, 0.05) is 12.5 Å². The molecule has 0 heterocycles. The highest BCUT2D eigenvalue weighted by atomic mass is 16.5. The van der Waals surface area contributed by atoms with Crippen molar-refractivity contribution in [3.05, 3.63) is 54.6 Å². The number of benzene rings is 2. The predicted molar refractivity (Wildman–Crippen MR) is 82.2 cm³/mol. The van der Waals surface area contributed by atoms with Crippen molar-refractivity contribution in [2.75, 3.05) is 13.2 Å². The van der Waals surface area contributed by atoms with Crippen molar-refractivity contribution in [3.63, 3.8) is 0 Å². The molecule has 2 aromatic rings. The van der Waals surface area contributed by atoms with Crippen LogP contribution in [0.25, 0.3) is 10.8 Å². The van der Waals surface area contributed by atoms with Gasteiger partial charge in [-0.2, -0.15) is 0 Å². The highest BCUT2D eigenvalue weighted by molar-refractivity contribution is 5.94. The van der Waals surface area contributed by atoms with Crippen LogP contribution in [0.4, 0.5) is 0 Å². The molecule has 0 spiro atoms.